The van der Waals surface area contributed by atoms with Gasteiger partial charge in [-0.3, -0.25) is 4.79 Å². The highest BCUT2D eigenvalue weighted by Crippen LogP contribution is 2.06. The summed E-state index contributed by atoms with van der Waals surface area (Å²) in [5.74, 6) is -0.839. The van der Waals surface area contributed by atoms with Crippen molar-refractivity contribution in [1.29, 1.82) is 0 Å². The zero-order valence-corrected chi connectivity index (χ0v) is 8.73. The van der Waals surface area contributed by atoms with Crippen LogP contribution in [-0.4, -0.2) is 21.0 Å². The molecule has 0 aliphatic rings. The Kier molecular flexibility index (Phi) is 7.50. The van der Waals surface area contributed by atoms with E-state index < -0.39 is 5.97 Å². The number of nitrogens with zero attached hydrogens (tertiary/aromatic N) is 1. The maximum Gasteiger partial charge on any atom is 0.306 e. The zero-order valence-electron chi connectivity index (χ0n) is 8.73. The van der Waals surface area contributed by atoms with E-state index in [1.807, 2.05) is 0 Å². The number of nitrogens with one attached hydrogen (secondary N) is 1. The first kappa shape index (κ1) is 12.7. The summed E-state index contributed by atoms with van der Waals surface area (Å²) < 4.78 is 0. The van der Waals surface area contributed by atoms with Crippen LogP contribution in [-0.2, 0) is 4.79 Å². The van der Waals surface area contributed by atoms with Gasteiger partial charge < -0.3 is 10.1 Å². The largest absolute Gasteiger partial charge is 0.481 e. The smallest absolute Gasteiger partial charge is 0.306 e. The molecule has 1 rings (SSSR count). The van der Waals surface area contributed by atoms with Crippen LogP contribution < -0.4 is 0 Å². The maximum atomic E-state index is 10.2. The summed E-state index contributed by atoms with van der Waals surface area (Å²) in [6, 6.07) is 0. The number of H-pyrrole nitrogens is 1. The molecule has 0 aliphatic carbocycles. The summed E-state index contributed by atoms with van der Waals surface area (Å²) in [4.78, 5) is 16.6. The van der Waals surface area contributed by atoms with E-state index in [2.05, 4.69) is 16.9 Å². The van der Waals surface area contributed by atoms with Gasteiger partial charge in [0.25, 0.3) is 0 Å². The van der Waals surface area contributed by atoms with E-state index in [-0.39, 0.29) is 5.92 Å². The summed E-state index contributed by atoms with van der Waals surface area (Å²) in [7, 11) is 0. The van der Waals surface area contributed by atoms with Crippen molar-refractivity contribution in [2.24, 2.45) is 5.92 Å². The molecule has 0 radical (unpaired) electrons. The number of carboxylic acids is 1. The molecular weight excluding hydrogens is 180 g/mol. The topological polar surface area (TPSA) is 66.0 Å². The van der Waals surface area contributed by atoms with Crippen LogP contribution in [0.25, 0.3) is 0 Å². The maximum absolute atomic E-state index is 10.2. The van der Waals surface area contributed by atoms with Gasteiger partial charge in [-0.2, -0.15) is 0 Å². The minimum Gasteiger partial charge on any atom is -0.481 e. The van der Waals surface area contributed by atoms with Crippen LogP contribution in [0.15, 0.2) is 18.7 Å². The average molecular weight is 198 g/mol. The number of hydrogen-bond donors (Lipinski definition) is 2. The molecule has 1 heterocycles. The highest BCUT2D eigenvalue weighted by molar-refractivity contribution is 5.69. The van der Waals surface area contributed by atoms with Crippen LogP contribution in [0.3, 0.4) is 0 Å². The van der Waals surface area contributed by atoms with Crippen LogP contribution in [0.4, 0.5) is 0 Å². The number of imidazole rings is 1. The number of carbonyl (C=O) groups is 1. The number of aromatic nitrogens is 2. The number of rotatable bonds is 4. The third-order valence-electron chi connectivity index (χ3n) is 1.82. The van der Waals surface area contributed by atoms with Gasteiger partial charge in [-0.15, -0.1) is 0 Å². The molecule has 2 N–H and O–H groups in total. The molecular formula is C10H18N2O2. The lowest BCUT2D eigenvalue weighted by Gasteiger charge is -2.02. The number of aromatic amines is 1. The van der Waals surface area contributed by atoms with Gasteiger partial charge in [0, 0.05) is 12.4 Å². The Labute approximate surface area is 84.4 Å². The predicted octanol–water partition coefficient (Wildman–Crippen LogP) is 2.31. The van der Waals surface area contributed by atoms with Crippen molar-refractivity contribution in [3.05, 3.63) is 18.7 Å². The Hall–Kier alpha value is -1.32. The van der Waals surface area contributed by atoms with E-state index in [1.54, 1.807) is 25.6 Å². The molecule has 80 valence electrons. The van der Waals surface area contributed by atoms with Crippen molar-refractivity contribution >= 4 is 5.97 Å². The Morgan fingerprint density at radius 3 is 2.64 bits per heavy atom. The lowest BCUT2D eigenvalue weighted by Crippen LogP contribution is -2.08. The van der Waals surface area contributed by atoms with Crippen LogP contribution in [0.5, 0.6) is 0 Å². The number of carboxylic acid groups (broad SMARTS) is 1. The second-order valence-electron chi connectivity index (χ2n) is 3.14. The average Bonchev–Trinajstić information content (AvgIpc) is 2.71. The van der Waals surface area contributed by atoms with Gasteiger partial charge >= 0.3 is 5.97 Å². The second-order valence-corrected chi connectivity index (χ2v) is 3.14. The van der Waals surface area contributed by atoms with Crippen LogP contribution in [0.2, 0.25) is 0 Å². The second kappa shape index (κ2) is 8.29. The molecule has 0 saturated carbocycles. The predicted molar refractivity (Wildman–Crippen MR) is 54.9 cm³/mol. The molecule has 0 bridgehead atoms. The zero-order chi connectivity index (χ0) is 10.8. The summed E-state index contributed by atoms with van der Waals surface area (Å²) in [6.45, 7) is 3.81. The molecule has 0 aliphatic heterocycles. The standard InChI is InChI=1S/C7H14O2.C3H4N2/c1-3-4-5-6(2)7(8)9;1-2-5-3-4-1/h6H,3-5H2,1-2H3,(H,8,9);1-3H,(H,4,5). The fourth-order valence-electron chi connectivity index (χ4n) is 0.849. The summed E-state index contributed by atoms with van der Waals surface area (Å²) in [5, 5.41) is 8.41. The molecule has 0 fully saturated rings. The van der Waals surface area contributed by atoms with Crippen LogP contribution in [0.1, 0.15) is 33.1 Å². The molecule has 1 aromatic heterocycles. The molecule has 4 nitrogen and oxygen atoms in total. The van der Waals surface area contributed by atoms with E-state index in [1.165, 1.54) is 0 Å². The normalized spacial score (nSPS) is 11.3. The minimum atomic E-state index is -0.677. The third-order valence-corrected chi connectivity index (χ3v) is 1.82. The van der Waals surface area contributed by atoms with Crippen molar-refractivity contribution in [3.8, 4) is 0 Å². The van der Waals surface area contributed by atoms with Gasteiger partial charge in [-0.05, 0) is 6.42 Å². The first-order valence-electron chi connectivity index (χ1n) is 4.84. The van der Waals surface area contributed by atoms with Gasteiger partial charge in [-0.25, -0.2) is 4.98 Å². The monoisotopic (exact) mass is 198 g/mol. The molecule has 0 aromatic carbocycles. The van der Waals surface area contributed by atoms with E-state index in [0.717, 1.165) is 19.3 Å². The Morgan fingerprint density at radius 1 is 1.64 bits per heavy atom. The number of unbranched alkanes of at least 4 members (excludes halogenated alkanes) is 1. The fraction of sp³-hybridized carbons (Fsp3) is 0.600. The molecule has 1 atom stereocenters. The van der Waals surface area contributed by atoms with E-state index in [0.29, 0.717) is 0 Å². The first-order chi connectivity index (χ1) is 6.68. The minimum absolute atomic E-state index is 0.162. The van der Waals surface area contributed by atoms with Gasteiger partial charge in [0.2, 0.25) is 0 Å². The van der Waals surface area contributed by atoms with Gasteiger partial charge in [-0.1, -0.05) is 26.7 Å². The highest BCUT2D eigenvalue weighted by Gasteiger charge is 2.08. The quantitative estimate of drug-likeness (QED) is 0.780. The molecule has 1 unspecified atom stereocenters. The van der Waals surface area contributed by atoms with Crippen LogP contribution >= 0.6 is 0 Å². The van der Waals surface area contributed by atoms with Crippen molar-refractivity contribution < 1.29 is 9.90 Å². The highest BCUT2D eigenvalue weighted by atomic mass is 16.4. The molecule has 14 heavy (non-hydrogen) atoms. The van der Waals surface area contributed by atoms with Crippen molar-refractivity contribution in [3.63, 3.8) is 0 Å². The van der Waals surface area contributed by atoms with Gasteiger partial charge in [0.05, 0.1) is 12.2 Å². The summed E-state index contributed by atoms with van der Waals surface area (Å²) >= 11 is 0. The van der Waals surface area contributed by atoms with E-state index in [9.17, 15) is 4.79 Å². The van der Waals surface area contributed by atoms with Gasteiger partial charge in [0.15, 0.2) is 0 Å². The molecule has 0 amide bonds. The Bertz CT molecular complexity index is 205. The third kappa shape index (κ3) is 7.34. The van der Waals surface area contributed by atoms with E-state index in [4.69, 9.17) is 5.11 Å². The molecule has 0 spiro atoms. The summed E-state index contributed by atoms with van der Waals surface area (Å²) in [6.07, 6.45) is 8.00. The van der Waals surface area contributed by atoms with Crippen LogP contribution in [0, 0.1) is 5.92 Å². The Balaban J connectivity index is 0.000000280. The number of hydrogen-bond acceptors (Lipinski definition) is 2. The summed E-state index contributed by atoms with van der Waals surface area (Å²) in [5.41, 5.74) is 0. The lowest BCUT2D eigenvalue weighted by molar-refractivity contribution is -0.141. The van der Waals surface area contributed by atoms with Crippen molar-refractivity contribution in [1.82, 2.24) is 9.97 Å². The number of aliphatic carboxylic acids is 1. The fourth-order valence-corrected chi connectivity index (χ4v) is 0.849. The molecule has 4 heteroatoms. The van der Waals surface area contributed by atoms with Crippen molar-refractivity contribution in [2.45, 2.75) is 33.1 Å². The first-order valence-corrected chi connectivity index (χ1v) is 4.84. The SMILES string of the molecule is CCCCC(C)C(=O)O.c1c[nH]cn1. The molecule has 1 aromatic rings. The lowest BCUT2D eigenvalue weighted by atomic mass is 10.1. The molecule has 0 saturated heterocycles. The van der Waals surface area contributed by atoms with Crippen molar-refractivity contribution in [2.75, 3.05) is 0 Å². The van der Waals surface area contributed by atoms with E-state index >= 15 is 0 Å². The van der Waals surface area contributed by atoms with Gasteiger partial charge in [0.1, 0.15) is 0 Å². The Morgan fingerprint density at radius 2 is 2.36 bits per heavy atom.